The lowest BCUT2D eigenvalue weighted by atomic mass is 9.84. The highest BCUT2D eigenvalue weighted by atomic mass is 35.5. The molecule has 1 aliphatic heterocycles. The molecule has 2 amide bonds. The number of benzene rings is 1. The summed E-state index contributed by atoms with van der Waals surface area (Å²) < 4.78 is 3.79. The lowest BCUT2D eigenvalue weighted by Crippen LogP contribution is -2.50. The van der Waals surface area contributed by atoms with Crippen molar-refractivity contribution in [2.45, 2.75) is 46.7 Å². The first kappa shape index (κ1) is 23.8. The molecule has 4 rings (SSSR count). The Bertz CT molecular complexity index is 918. The second-order valence-corrected chi connectivity index (χ2v) is 11.3. The number of hydrogen-bond donors (Lipinski definition) is 0. The van der Waals surface area contributed by atoms with Crippen molar-refractivity contribution in [1.82, 2.24) is 0 Å². The lowest BCUT2D eigenvalue weighted by molar-refractivity contribution is -0.123. The van der Waals surface area contributed by atoms with E-state index in [9.17, 15) is 9.59 Å². The molecule has 31 heavy (non-hydrogen) atoms. The predicted octanol–water partition coefficient (Wildman–Crippen LogP) is 6.60. The predicted molar refractivity (Wildman–Crippen MR) is 126 cm³/mol. The van der Waals surface area contributed by atoms with Gasteiger partial charge >= 0.3 is 0 Å². The van der Waals surface area contributed by atoms with Crippen LogP contribution in [0.3, 0.4) is 0 Å². The molecule has 168 valence electrons. The molecule has 4 atom stereocenters. The largest absolute Gasteiger partial charge is 0.494 e. The van der Waals surface area contributed by atoms with Gasteiger partial charge < -0.3 is 4.74 Å². The summed E-state index contributed by atoms with van der Waals surface area (Å²) in [6.45, 7) is 2.75. The maximum atomic E-state index is 13.3. The van der Waals surface area contributed by atoms with Crippen LogP contribution in [0.5, 0.6) is 5.75 Å². The van der Waals surface area contributed by atoms with Crippen molar-refractivity contribution in [3.05, 3.63) is 34.3 Å². The molecule has 0 spiro atoms. The summed E-state index contributed by atoms with van der Waals surface area (Å²) in [5, 5.41) is -0.209. The number of carbonyl (C=O) groups excluding carboxylic acids is 2. The van der Waals surface area contributed by atoms with E-state index in [-0.39, 0.29) is 10.1 Å². The number of hydrogen-bond acceptors (Lipinski definition) is 3. The van der Waals surface area contributed by atoms with Crippen molar-refractivity contribution in [1.29, 1.82) is 0 Å². The Morgan fingerprint density at radius 1 is 0.871 bits per heavy atom. The minimum Gasteiger partial charge on any atom is -0.494 e. The number of nitrogens with zero attached hydrogens (tertiary/aromatic N) is 1. The highest BCUT2D eigenvalue weighted by Crippen LogP contribution is 2.77. The normalized spacial score (nSPS) is 33.5. The monoisotopic (exact) mass is 543 g/mol. The SMILES string of the molecule is CCCCCCOc1ccc(N2C(=O)[C@H]3[C@H](C2=O)[C@]2(Cl)C(Cl)=C(Cl)[C@]3(Cl)C2(Cl)Cl)cc1. The second-order valence-electron chi connectivity index (χ2n) is 8.00. The van der Waals surface area contributed by atoms with E-state index in [1.807, 2.05) is 0 Å². The van der Waals surface area contributed by atoms with Gasteiger partial charge in [0.05, 0.1) is 34.2 Å². The highest BCUT2D eigenvalue weighted by molar-refractivity contribution is 6.67. The Hall–Kier alpha value is -0.360. The molecule has 0 aromatic heterocycles. The Kier molecular flexibility index (Phi) is 6.25. The summed E-state index contributed by atoms with van der Waals surface area (Å²) in [5.41, 5.74) is 0.365. The van der Waals surface area contributed by atoms with Crippen molar-refractivity contribution in [2.24, 2.45) is 11.8 Å². The van der Waals surface area contributed by atoms with E-state index < -0.39 is 37.7 Å². The number of unbranched alkanes of at least 4 members (excludes halogenated alkanes) is 3. The fraction of sp³-hybridized carbons (Fsp3) is 0.524. The minimum atomic E-state index is -1.93. The van der Waals surface area contributed by atoms with E-state index in [0.29, 0.717) is 18.0 Å². The van der Waals surface area contributed by atoms with Crippen molar-refractivity contribution in [2.75, 3.05) is 11.5 Å². The Balaban J connectivity index is 1.58. The summed E-state index contributed by atoms with van der Waals surface area (Å²) in [6.07, 6.45) is 4.39. The third-order valence-electron chi connectivity index (χ3n) is 6.27. The van der Waals surface area contributed by atoms with Crippen LogP contribution in [-0.4, -0.2) is 32.5 Å². The van der Waals surface area contributed by atoms with Gasteiger partial charge in [-0.1, -0.05) is 72.6 Å². The number of allylic oxidation sites excluding steroid dienone is 2. The number of imide groups is 1. The standard InChI is InChI=1S/C21H19Cl6NO3/c1-2-3-4-5-10-31-12-8-6-11(7-9-12)28-17(29)13-14(18(28)30)20(25)16(23)15(22)19(13,24)21(20,26)27/h6-9,13-14H,2-5,10H2,1H3/t13-,14-,19+,20+/m1/s1. The Morgan fingerprint density at radius 3 is 1.87 bits per heavy atom. The van der Waals surface area contributed by atoms with Gasteiger partial charge in [-0.15, -0.1) is 23.2 Å². The van der Waals surface area contributed by atoms with Gasteiger partial charge in [-0.3, -0.25) is 9.59 Å². The number of anilines is 1. The third kappa shape index (κ3) is 3.02. The molecule has 0 N–H and O–H groups in total. The van der Waals surface area contributed by atoms with Gasteiger partial charge in [0.15, 0.2) is 4.33 Å². The molecule has 0 radical (unpaired) electrons. The number of rotatable bonds is 7. The molecule has 1 saturated carbocycles. The first-order chi connectivity index (χ1) is 14.5. The summed E-state index contributed by atoms with van der Waals surface area (Å²) in [4.78, 5) is 24.1. The van der Waals surface area contributed by atoms with Crippen molar-refractivity contribution in [3.63, 3.8) is 0 Å². The molecule has 1 aromatic rings. The molecule has 10 heteroatoms. The fourth-order valence-corrected chi connectivity index (χ4v) is 7.59. The number of halogens is 6. The number of amides is 2. The van der Waals surface area contributed by atoms with Crippen LogP contribution >= 0.6 is 69.6 Å². The van der Waals surface area contributed by atoms with E-state index in [1.165, 1.54) is 6.42 Å². The molecule has 1 aromatic carbocycles. The zero-order valence-corrected chi connectivity index (χ0v) is 21.0. The first-order valence-electron chi connectivity index (χ1n) is 9.97. The fourth-order valence-electron chi connectivity index (χ4n) is 4.66. The minimum absolute atomic E-state index is 0.105. The molecule has 0 unspecified atom stereocenters. The first-order valence-corrected chi connectivity index (χ1v) is 12.2. The second kappa shape index (κ2) is 8.14. The quantitative estimate of drug-likeness (QED) is 0.220. The average Bonchev–Trinajstić information content (AvgIpc) is 3.12. The zero-order chi connectivity index (χ0) is 22.8. The van der Waals surface area contributed by atoms with E-state index in [2.05, 4.69) is 6.92 Å². The number of alkyl halides is 4. The van der Waals surface area contributed by atoms with Crippen molar-refractivity contribution < 1.29 is 14.3 Å². The van der Waals surface area contributed by atoms with Crippen LogP contribution in [0.4, 0.5) is 5.69 Å². The maximum absolute atomic E-state index is 13.3. The average molecular weight is 546 g/mol. The van der Waals surface area contributed by atoms with E-state index >= 15 is 0 Å². The van der Waals surface area contributed by atoms with E-state index in [0.717, 1.165) is 24.2 Å². The molecule has 4 nitrogen and oxygen atoms in total. The maximum Gasteiger partial charge on any atom is 0.240 e. The summed E-state index contributed by atoms with van der Waals surface area (Å²) >= 11 is 39.0. The molecule has 2 fully saturated rings. The summed E-state index contributed by atoms with van der Waals surface area (Å²) in [7, 11) is 0. The molecule has 3 aliphatic rings. The molecule has 2 aliphatic carbocycles. The van der Waals surface area contributed by atoms with Crippen molar-refractivity contribution in [3.8, 4) is 5.75 Å². The van der Waals surface area contributed by atoms with Crippen LogP contribution < -0.4 is 9.64 Å². The topological polar surface area (TPSA) is 46.6 Å². The number of ether oxygens (including phenoxy) is 1. The molecule has 1 heterocycles. The van der Waals surface area contributed by atoms with Gasteiger partial charge in [0, 0.05) is 0 Å². The lowest BCUT2D eigenvalue weighted by Gasteiger charge is -2.34. The van der Waals surface area contributed by atoms with Crippen LogP contribution in [-0.2, 0) is 9.59 Å². The summed E-state index contributed by atoms with van der Waals surface area (Å²) in [5.74, 6) is -2.78. The van der Waals surface area contributed by atoms with Crippen molar-refractivity contribution >= 4 is 87.1 Å². The third-order valence-corrected chi connectivity index (χ3v) is 10.5. The smallest absolute Gasteiger partial charge is 0.240 e. The Labute approximate surface area is 210 Å². The van der Waals surface area contributed by atoms with Gasteiger partial charge in [-0.05, 0) is 30.7 Å². The van der Waals surface area contributed by atoms with E-state index in [4.69, 9.17) is 74.3 Å². The highest BCUT2D eigenvalue weighted by Gasteiger charge is 2.87. The molecular formula is C21H19Cl6NO3. The van der Waals surface area contributed by atoms with Gasteiger partial charge in [0.1, 0.15) is 15.5 Å². The van der Waals surface area contributed by atoms with Crippen LogP contribution in [0.1, 0.15) is 32.6 Å². The molecule has 2 bridgehead atoms. The van der Waals surface area contributed by atoms with E-state index in [1.54, 1.807) is 24.3 Å². The van der Waals surface area contributed by atoms with Gasteiger partial charge in [0.2, 0.25) is 11.8 Å². The molecule has 1 saturated heterocycles. The Morgan fingerprint density at radius 2 is 1.39 bits per heavy atom. The van der Waals surface area contributed by atoms with Gasteiger partial charge in [-0.2, -0.15) is 0 Å². The number of fused-ring (bicyclic) bond motifs is 5. The van der Waals surface area contributed by atoms with Crippen LogP contribution in [0.15, 0.2) is 34.3 Å². The van der Waals surface area contributed by atoms with Crippen LogP contribution in [0, 0.1) is 11.8 Å². The zero-order valence-electron chi connectivity index (χ0n) is 16.4. The molecular weight excluding hydrogens is 527 g/mol. The number of carbonyl (C=O) groups is 2. The van der Waals surface area contributed by atoms with Gasteiger partial charge in [0.25, 0.3) is 0 Å². The summed E-state index contributed by atoms with van der Waals surface area (Å²) in [6, 6.07) is 6.67. The van der Waals surface area contributed by atoms with Gasteiger partial charge in [-0.25, -0.2) is 4.90 Å². The van der Waals surface area contributed by atoms with Crippen LogP contribution in [0.25, 0.3) is 0 Å². The van der Waals surface area contributed by atoms with Crippen LogP contribution in [0.2, 0.25) is 0 Å².